The summed E-state index contributed by atoms with van der Waals surface area (Å²) in [6, 6.07) is 11.2. The molecule has 19 heavy (non-hydrogen) atoms. The molecule has 0 spiro atoms. The number of rotatable bonds is 3. The second-order valence-electron chi connectivity index (χ2n) is 4.57. The topological polar surface area (TPSA) is 49.7 Å². The summed E-state index contributed by atoms with van der Waals surface area (Å²) in [6.07, 6.45) is -0.661. The van der Waals surface area contributed by atoms with Crippen LogP contribution in [-0.2, 0) is 0 Å². The van der Waals surface area contributed by atoms with Crippen molar-refractivity contribution in [2.75, 3.05) is 7.11 Å². The summed E-state index contributed by atoms with van der Waals surface area (Å²) < 4.78 is 5.15. The van der Waals surface area contributed by atoms with Crippen LogP contribution in [0.1, 0.15) is 24.2 Å². The Morgan fingerprint density at radius 1 is 1.11 bits per heavy atom. The fraction of sp³-hybridized carbons (Fsp3) is 0.250. The highest BCUT2D eigenvalue weighted by Gasteiger charge is 2.18. The van der Waals surface area contributed by atoms with Crippen molar-refractivity contribution in [2.45, 2.75) is 20.0 Å². The molecule has 100 valence electrons. The van der Waals surface area contributed by atoms with E-state index in [0.29, 0.717) is 16.9 Å². The van der Waals surface area contributed by atoms with Crippen LogP contribution in [-0.4, -0.2) is 17.3 Å². The summed E-state index contributed by atoms with van der Waals surface area (Å²) in [5.74, 6) is 0.470. The maximum Gasteiger partial charge on any atom is 0.166 e. The Hall–Kier alpha value is -2.00. The number of phenols is 1. The van der Waals surface area contributed by atoms with E-state index in [2.05, 4.69) is 0 Å². The largest absolute Gasteiger partial charge is 0.504 e. The minimum Gasteiger partial charge on any atom is -0.504 e. The normalized spacial score (nSPS) is 12.2. The summed E-state index contributed by atoms with van der Waals surface area (Å²) in [4.78, 5) is 0. The number of methoxy groups -OCH3 is 1. The van der Waals surface area contributed by atoms with Crippen LogP contribution in [0.25, 0.3) is 11.1 Å². The molecule has 0 aliphatic carbocycles. The molecule has 0 saturated carbocycles. The van der Waals surface area contributed by atoms with Crippen LogP contribution in [0.5, 0.6) is 11.5 Å². The van der Waals surface area contributed by atoms with Crippen molar-refractivity contribution in [3.05, 3.63) is 47.5 Å². The van der Waals surface area contributed by atoms with Crippen molar-refractivity contribution in [3.8, 4) is 22.6 Å². The van der Waals surface area contributed by atoms with Crippen LogP contribution in [0, 0.1) is 6.92 Å². The second-order valence-corrected chi connectivity index (χ2v) is 4.57. The Labute approximate surface area is 113 Å². The highest BCUT2D eigenvalue weighted by Crippen LogP contribution is 2.42. The zero-order valence-corrected chi connectivity index (χ0v) is 11.3. The number of aliphatic hydroxyl groups is 1. The van der Waals surface area contributed by atoms with Crippen LogP contribution in [0.4, 0.5) is 0 Å². The lowest BCUT2D eigenvalue weighted by atomic mass is 9.92. The SMILES string of the molecule is COc1ccc([C@@H](C)O)c(-c2ccccc2C)c1O. The zero-order valence-electron chi connectivity index (χ0n) is 11.3. The molecule has 0 radical (unpaired) electrons. The minimum absolute atomic E-state index is 0.0650. The van der Waals surface area contributed by atoms with Crippen LogP contribution in [0.15, 0.2) is 36.4 Å². The predicted molar refractivity (Wildman–Crippen MR) is 75.5 cm³/mol. The lowest BCUT2D eigenvalue weighted by molar-refractivity contribution is 0.199. The molecular weight excluding hydrogens is 240 g/mol. The summed E-state index contributed by atoms with van der Waals surface area (Å²) in [7, 11) is 1.51. The number of phenolic OH excluding ortho intramolecular Hbond substituents is 1. The quantitative estimate of drug-likeness (QED) is 0.886. The lowest BCUT2D eigenvalue weighted by Gasteiger charge is -2.17. The van der Waals surface area contributed by atoms with Gasteiger partial charge in [0.05, 0.1) is 13.2 Å². The summed E-state index contributed by atoms with van der Waals surface area (Å²) in [5.41, 5.74) is 3.25. The smallest absolute Gasteiger partial charge is 0.166 e. The third-order valence-corrected chi connectivity index (χ3v) is 3.26. The Balaban J connectivity index is 2.76. The van der Waals surface area contributed by atoms with Gasteiger partial charge < -0.3 is 14.9 Å². The van der Waals surface area contributed by atoms with E-state index in [1.165, 1.54) is 7.11 Å². The van der Waals surface area contributed by atoms with Crippen LogP contribution >= 0.6 is 0 Å². The van der Waals surface area contributed by atoms with Gasteiger partial charge in [-0.25, -0.2) is 0 Å². The Kier molecular flexibility index (Phi) is 3.76. The molecule has 0 bridgehead atoms. The fourth-order valence-electron chi connectivity index (χ4n) is 2.24. The van der Waals surface area contributed by atoms with Crippen molar-refractivity contribution in [3.63, 3.8) is 0 Å². The van der Waals surface area contributed by atoms with Crippen LogP contribution in [0.3, 0.4) is 0 Å². The van der Waals surface area contributed by atoms with Crippen molar-refractivity contribution in [1.82, 2.24) is 0 Å². The number of benzene rings is 2. The molecular formula is C16H18O3. The number of aliphatic hydroxyl groups excluding tert-OH is 1. The van der Waals surface area contributed by atoms with Gasteiger partial charge in [0.15, 0.2) is 11.5 Å². The average molecular weight is 258 g/mol. The van der Waals surface area contributed by atoms with E-state index in [4.69, 9.17) is 4.74 Å². The third-order valence-electron chi connectivity index (χ3n) is 3.26. The molecule has 2 aromatic carbocycles. The van der Waals surface area contributed by atoms with E-state index in [9.17, 15) is 10.2 Å². The van der Waals surface area contributed by atoms with Gasteiger partial charge in [0.2, 0.25) is 0 Å². The summed E-state index contributed by atoms with van der Waals surface area (Å²) >= 11 is 0. The molecule has 0 fully saturated rings. The van der Waals surface area contributed by atoms with Gasteiger partial charge >= 0.3 is 0 Å². The van der Waals surface area contributed by atoms with Gasteiger partial charge in [0, 0.05) is 5.56 Å². The number of hydrogen-bond acceptors (Lipinski definition) is 3. The molecule has 0 aliphatic rings. The molecule has 0 heterocycles. The van der Waals surface area contributed by atoms with E-state index in [0.717, 1.165) is 11.1 Å². The summed E-state index contributed by atoms with van der Waals surface area (Å²) in [6.45, 7) is 3.66. The van der Waals surface area contributed by atoms with Crippen molar-refractivity contribution >= 4 is 0 Å². The minimum atomic E-state index is -0.661. The van der Waals surface area contributed by atoms with Gasteiger partial charge in [-0.3, -0.25) is 0 Å². The van der Waals surface area contributed by atoms with Gasteiger partial charge in [-0.05, 0) is 36.6 Å². The van der Waals surface area contributed by atoms with Crippen molar-refractivity contribution in [2.24, 2.45) is 0 Å². The first-order chi connectivity index (χ1) is 9.06. The van der Waals surface area contributed by atoms with Gasteiger partial charge in [0.1, 0.15) is 0 Å². The van der Waals surface area contributed by atoms with E-state index in [-0.39, 0.29) is 5.75 Å². The number of aromatic hydroxyl groups is 1. The molecule has 0 aliphatic heterocycles. The first kappa shape index (κ1) is 13.4. The molecule has 0 saturated heterocycles. The van der Waals surface area contributed by atoms with E-state index in [1.54, 1.807) is 19.1 Å². The highest BCUT2D eigenvalue weighted by molar-refractivity contribution is 5.79. The third kappa shape index (κ3) is 2.42. The number of aryl methyl sites for hydroxylation is 1. The molecule has 0 unspecified atom stereocenters. The maximum atomic E-state index is 10.4. The molecule has 0 amide bonds. The number of hydrogen-bond donors (Lipinski definition) is 2. The van der Waals surface area contributed by atoms with Crippen molar-refractivity contribution < 1.29 is 14.9 Å². The first-order valence-electron chi connectivity index (χ1n) is 6.20. The Morgan fingerprint density at radius 3 is 2.37 bits per heavy atom. The lowest BCUT2D eigenvalue weighted by Crippen LogP contribution is -1.98. The monoisotopic (exact) mass is 258 g/mol. The van der Waals surface area contributed by atoms with Crippen molar-refractivity contribution in [1.29, 1.82) is 0 Å². The average Bonchev–Trinajstić information content (AvgIpc) is 2.39. The standard InChI is InChI=1S/C16H18O3/c1-10-6-4-5-7-12(10)15-13(11(2)17)8-9-14(19-3)16(15)18/h4-9,11,17-18H,1-3H3/t11-/m1/s1. The molecule has 3 nitrogen and oxygen atoms in total. The second kappa shape index (κ2) is 5.33. The molecule has 3 heteroatoms. The van der Waals surface area contributed by atoms with E-state index >= 15 is 0 Å². The van der Waals surface area contributed by atoms with Gasteiger partial charge in [-0.1, -0.05) is 30.3 Å². The van der Waals surface area contributed by atoms with Gasteiger partial charge in [-0.15, -0.1) is 0 Å². The Bertz CT molecular complexity index is 589. The highest BCUT2D eigenvalue weighted by atomic mass is 16.5. The van der Waals surface area contributed by atoms with Gasteiger partial charge in [-0.2, -0.15) is 0 Å². The number of ether oxygens (including phenoxy) is 1. The zero-order chi connectivity index (χ0) is 14.0. The van der Waals surface area contributed by atoms with Crippen LogP contribution < -0.4 is 4.74 Å². The van der Waals surface area contributed by atoms with E-state index < -0.39 is 6.10 Å². The predicted octanol–water partition coefficient (Wildman–Crippen LogP) is 3.43. The fourth-order valence-corrected chi connectivity index (χ4v) is 2.24. The summed E-state index contributed by atoms with van der Waals surface area (Å²) in [5, 5.41) is 20.3. The molecule has 1 atom stereocenters. The Morgan fingerprint density at radius 2 is 1.79 bits per heavy atom. The molecule has 2 aromatic rings. The van der Waals surface area contributed by atoms with E-state index in [1.807, 2.05) is 31.2 Å². The maximum absolute atomic E-state index is 10.4. The molecule has 0 aromatic heterocycles. The molecule has 2 rings (SSSR count). The van der Waals surface area contributed by atoms with Crippen LogP contribution in [0.2, 0.25) is 0 Å². The first-order valence-corrected chi connectivity index (χ1v) is 6.20. The molecule has 2 N–H and O–H groups in total. The van der Waals surface area contributed by atoms with Gasteiger partial charge in [0.25, 0.3) is 0 Å².